The van der Waals surface area contributed by atoms with Gasteiger partial charge in [0.25, 0.3) is 0 Å². The average molecular weight is 382 g/mol. The average Bonchev–Trinajstić information content (AvgIpc) is 2.65. The lowest BCUT2D eigenvalue weighted by molar-refractivity contribution is -0.143. The number of methoxy groups -OCH3 is 2. The van der Waals surface area contributed by atoms with Gasteiger partial charge in [0.1, 0.15) is 5.75 Å². The van der Waals surface area contributed by atoms with Crippen LogP contribution in [0.15, 0.2) is 48.5 Å². The second-order valence-electron chi connectivity index (χ2n) is 5.39. The maximum Gasteiger partial charge on any atom is 0.341 e. The molecule has 0 radical (unpaired) electrons. The quantitative estimate of drug-likeness (QED) is 0.394. The normalized spacial score (nSPS) is 11.2. The van der Waals surface area contributed by atoms with Crippen LogP contribution in [0.4, 0.5) is 0 Å². The van der Waals surface area contributed by atoms with Crippen molar-refractivity contribution in [3.05, 3.63) is 54.1 Å². The van der Waals surface area contributed by atoms with E-state index in [9.17, 15) is 9.90 Å². The minimum Gasteiger partial charge on any atom is -0.493 e. The lowest BCUT2D eigenvalue weighted by atomic mass is 10.1. The van der Waals surface area contributed by atoms with E-state index in [0.29, 0.717) is 23.8 Å². The standard InChI is InChI=1S/C19H23NO5.ClH/c1-23-17-9-8-14(12-18(17)24-2)10-11-20-13-16(21)19(22)25-15-6-4-3-5-7-15;/h3-9,12,16,20-21H,10-11,13H2,1-2H3;1H. The highest BCUT2D eigenvalue weighted by atomic mass is 35.5. The Morgan fingerprint density at radius 3 is 2.42 bits per heavy atom. The summed E-state index contributed by atoms with van der Waals surface area (Å²) in [4.78, 5) is 11.8. The summed E-state index contributed by atoms with van der Waals surface area (Å²) in [6.07, 6.45) is -0.494. The van der Waals surface area contributed by atoms with E-state index in [2.05, 4.69) is 5.32 Å². The van der Waals surface area contributed by atoms with Gasteiger partial charge in [0.05, 0.1) is 14.2 Å². The summed E-state index contributed by atoms with van der Waals surface area (Å²) in [5.74, 6) is 1.09. The molecule has 0 saturated carbocycles. The van der Waals surface area contributed by atoms with E-state index >= 15 is 0 Å². The minimum absolute atomic E-state index is 0. The number of benzene rings is 2. The van der Waals surface area contributed by atoms with Crippen LogP contribution in [-0.2, 0) is 11.2 Å². The van der Waals surface area contributed by atoms with Gasteiger partial charge in [-0.15, -0.1) is 12.4 Å². The van der Waals surface area contributed by atoms with Crippen molar-refractivity contribution in [2.45, 2.75) is 12.5 Å². The van der Waals surface area contributed by atoms with Crippen molar-refractivity contribution in [2.24, 2.45) is 0 Å². The topological polar surface area (TPSA) is 77.0 Å². The van der Waals surface area contributed by atoms with Crippen molar-refractivity contribution in [3.63, 3.8) is 0 Å². The Kier molecular flexibility index (Phi) is 9.51. The molecule has 0 aromatic heterocycles. The third kappa shape index (κ3) is 6.55. The van der Waals surface area contributed by atoms with E-state index in [1.807, 2.05) is 24.3 Å². The molecule has 0 aliphatic carbocycles. The summed E-state index contributed by atoms with van der Waals surface area (Å²) in [6, 6.07) is 14.4. The first kappa shape index (κ1) is 21.8. The third-order valence-electron chi connectivity index (χ3n) is 3.61. The third-order valence-corrected chi connectivity index (χ3v) is 3.61. The summed E-state index contributed by atoms with van der Waals surface area (Å²) in [7, 11) is 3.18. The van der Waals surface area contributed by atoms with E-state index in [4.69, 9.17) is 14.2 Å². The number of hydrogen-bond acceptors (Lipinski definition) is 6. The molecule has 6 nitrogen and oxygen atoms in total. The molecule has 0 amide bonds. The van der Waals surface area contributed by atoms with Gasteiger partial charge in [0.15, 0.2) is 17.6 Å². The monoisotopic (exact) mass is 381 g/mol. The molecular weight excluding hydrogens is 358 g/mol. The van der Waals surface area contributed by atoms with Crippen molar-refractivity contribution in [1.29, 1.82) is 0 Å². The highest BCUT2D eigenvalue weighted by molar-refractivity contribution is 5.85. The van der Waals surface area contributed by atoms with Crippen molar-refractivity contribution < 1.29 is 24.1 Å². The summed E-state index contributed by atoms with van der Waals surface area (Å²) in [5, 5.41) is 12.9. The molecule has 2 aromatic rings. The van der Waals surface area contributed by atoms with Gasteiger partial charge in [0.2, 0.25) is 0 Å². The van der Waals surface area contributed by atoms with Gasteiger partial charge in [0, 0.05) is 6.54 Å². The number of para-hydroxylation sites is 1. The molecule has 7 heteroatoms. The van der Waals surface area contributed by atoms with E-state index < -0.39 is 12.1 Å². The van der Waals surface area contributed by atoms with Gasteiger partial charge in [-0.25, -0.2) is 4.79 Å². The molecule has 2 rings (SSSR count). The second-order valence-corrected chi connectivity index (χ2v) is 5.39. The Balaban J connectivity index is 0.00000338. The van der Waals surface area contributed by atoms with Crippen LogP contribution in [0.25, 0.3) is 0 Å². The van der Waals surface area contributed by atoms with Crippen LogP contribution in [0.2, 0.25) is 0 Å². The first-order valence-corrected chi connectivity index (χ1v) is 8.00. The molecule has 142 valence electrons. The SMILES string of the molecule is COc1ccc(CCNCC(O)C(=O)Oc2ccccc2)cc1OC.Cl. The Morgan fingerprint density at radius 2 is 1.77 bits per heavy atom. The second kappa shape index (κ2) is 11.4. The molecule has 0 spiro atoms. The van der Waals surface area contributed by atoms with E-state index in [1.165, 1.54) is 0 Å². The zero-order chi connectivity index (χ0) is 18.1. The predicted molar refractivity (Wildman–Crippen MR) is 101 cm³/mol. The van der Waals surface area contributed by atoms with Gasteiger partial charge >= 0.3 is 5.97 Å². The van der Waals surface area contributed by atoms with Crippen LogP contribution in [0.3, 0.4) is 0 Å². The fraction of sp³-hybridized carbons (Fsp3) is 0.316. The molecule has 0 saturated heterocycles. The summed E-state index contributed by atoms with van der Waals surface area (Å²) >= 11 is 0. The number of aliphatic hydroxyl groups is 1. The number of carbonyl (C=O) groups is 1. The predicted octanol–water partition coefficient (Wildman–Crippen LogP) is 2.22. The molecule has 0 fully saturated rings. The molecule has 0 heterocycles. The molecule has 1 unspecified atom stereocenters. The van der Waals surface area contributed by atoms with Crippen LogP contribution >= 0.6 is 12.4 Å². The fourth-order valence-corrected chi connectivity index (χ4v) is 2.26. The highest BCUT2D eigenvalue weighted by Gasteiger charge is 2.16. The largest absolute Gasteiger partial charge is 0.493 e. The number of nitrogens with one attached hydrogen (secondary N) is 1. The lowest BCUT2D eigenvalue weighted by Gasteiger charge is -2.12. The highest BCUT2D eigenvalue weighted by Crippen LogP contribution is 2.27. The number of aliphatic hydroxyl groups excluding tert-OH is 1. The molecule has 2 N–H and O–H groups in total. The zero-order valence-corrected chi connectivity index (χ0v) is 15.6. The Hall–Kier alpha value is -2.28. The van der Waals surface area contributed by atoms with Gasteiger partial charge in [-0.1, -0.05) is 24.3 Å². The van der Waals surface area contributed by atoms with Crippen LogP contribution in [0, 0.1) is 0 Å². The van der Waals surface area contributed by atoms with Gasteiger partial charge in [-0.3, -0.25) is 0 Å². The summed E-state index contributed by atoms with van der Waals surface area (Å²) in [6.45, 7) is 0.726. The fourth-order valence-electron chi connectivity index (χ4n) is 2.26. The van der Waals surface area contributed by atoms with Crippen molar-refractivity contribution in [1.82, 2.24) is 5.32 Å². The van der Waals surface area contributed by atoms with E-state index in [1.54, 1.807) is 38.5 Å². The van der Waals surface area contributed by atoms with Crippen molar-refractivity contribution in [3.8, 4) is 17.2 Å². The van der Waals surface area contributed by atoms with Crippen LogP contribution in [-0.4, -0.2) is 44.5 Å². The Morgan fingerprint density at radius 1 is 1.08 bits per heavy atom. The minimum atomic E-state index is -1.22. The molecule has 0 bridgehead atoms. The van der Waals surface area contributed by atoms with Gasteiger partial charge < -0.3 is 24.6 Å². The Bertz CT molecular complexity index is 681. The molecular formula is C19H24ClNO5. The maximum atomic E-state index is 11.8. The van der Waals surface area contributed by atoms with E-state index in [-0.39, 0.29) is 19.0 Å². The van der Waals surface area contributed by atoms with Gasteiger partial charge in [-0.2, -0.15) is 0 Å². The zero-order valence-electron chi connectivity index (χ0n) is 14.8. The van der Waals surface area contributed by atoms with Crippen molar-refractivity contribution in [2.75, 3.05) is 27.3 Å². The Labute approximate surface area is 159 Å². The van der Waals surface area contributed by atoms with Crippen LogP contribution in [0.1, 0.15) is 5.56 Å². The number of esters is 1. The number of carbonyl (C=O) groups excluding carboxylic acids is 1. The first-order chi connectivity index (χ1) is 12.1. The smallest absolute Gasteiger partial charge is 0.341 e. The summed E-state index contributed by atoms with van der Waals surface area (Å²) in [5.41, 5.74) is 1.06. The number of ether oxygens (including phenoxy) is 3. The molecule has 2 aromatic carbocycles. The lowest BCUT2D eigenvalue weighted by Crippen LogP contribution is -2.36. The molecule has 26 heavy (non-hydrogen) atoms. The van der Waals surface area contributed by atoms with Gasteiger partial charge in [-0.05, 0) is 42.8 Å². The van der Waals surface area contributed by atoms with Crippen LogP contribution in [0.5, 0.6) is 17.2 Å². The molecule has 0 aliphatic rings. The summed E-state index contributed by atoms with van der Waals surface area (Å²) < 4.78 is 15.5. The van der Waals surface area contributed by atoms with Crippen molar-refractivity contribution >= 4 is 18.4 Å². The molecule has 0 aliphatic heterocycles. The van der Waals surface area contributed by atoms with Crippen LogP contribution < -0.4 is 19.5 Å². The number of rotatable bonds is 9. The number of hydrogen-bond donors (Lipinski definition) is 2. The first-order valence-electron chi connectivity index (χ1n) is 8.00. The molecule has 1 atom stereocenters. The number of halogens is 1. The maximum absolute atomic E-state index is 11.8. The van der Waals surface area contributed by atoms with E-state index in [0.717, 1.165) is 12.0 Å².